The van der Waals surface area contributed by atoms with Crippen molar-refractivity contribution in [2.45, 2.75) is 38.6 Å². The molecule has 0 spiro atoms. The maximum atomic E-state index is 12.7. The average Bonchev–Trinajstić information content (AvgIpc) is 3.27. The van der Waals surface area contributed by atoms with Gasteiger partial charge >= 0.3 is 0 Å². The Bertz CT molecular complexity index is 695. The SMILES string of the molecule is COc1ccc(NC(=O)[C@H](C)N2CCC(C(=O)N3CCCC3)CC2)cc1OC. The largest absolute Gasteiger partial charge is 0.493 e. The summed E-state index contributed by atoms with van der Waals surface area (Å²) in [6.07, 6.45) is 3.89. The molecule has 0 unspecified atom stereocenters. The van der Waals surface area contributed by atoms with Gasteiger partial charge in [-0.05, 0) is 57.8 Å². The third-order valence-corrected chi connectivity index (χ3v) is 5.87. The summed E-state index contributed by atoms with van der Waals surface area (Å²) in [5.74, 6) is 1.55. The number of ether oxygens (including phenoxy) is 2. The first-order valence-electron chi connectivity index (χ1n) is 10.1. The van der Waals surface area contributed by atoms with E-state index in [9.17, 15) is 9.59 Å². The summed E-state index contributed by atoms with van der Waals surface area (Å²) < 4.78 is 10.5. The zero-order valence-electron chi connectivity index (χ0n) is 17.1. The number of anilines is 1. The number of rotatable bonds is 6. The average molecular weight is 389 g/mol. The van der Waals surface area contributed by atoms with Crippen LogP contribution in [0.25, 0.3) is 0 Å². The van der Waals surface area contributed by atoms with Gasteiger partial charge in [-0.2, -0.15) is 0 Å². The summed E-state index contributed by atoms with van der Waals surface area (Å²) in [5.41, 5.74) is 0.675. The van der Waals surface area contributed by atoms with Gasteiger partial charge in [-0.3, -0.25) is 14.5 Å². The van der Waals surface area contributed by atoms with Crippen molar-refractivity contribution in [3.8, 4) is 11.5 Å². The standard InChI is InChI=1S/C21H31N3O4/c1-15(20(25)22-17-6-7-18(27-2)19(14-17)28-3)23-12-8-16(9-13-23)21(26)24-10-4-5-11-24/h6-7,14-16H,4-5,8-13H2,1-3H3,(H,22,25)/t15-/m0/s1. The highest BCUT2D eigenvalue weighted by atomic mass is 16.5. The van der Waals surface area contributed by atoms with E-state index in [1.54, 1.807) is 32.4 Å². The van der Waals surface area contributed by atoms with E-state index in [0.29, 0.717) is 23.1 Å². The number of hydrogen-bond donors (Lipinski definition) is 1. The molecule has 1 aromatic carbocycles. The fourth-order valence-electron chi connectivity index (χ4n) is 4.06. The van der Waals surface area contributed by atoms with Crippen LogP contribution in [0.5, 0.6) is 11.5 Å². The molecule has 1 N–H and O–H groups in total. The lowest BCUT2D eigenvalue weighted by atomic mass is 9.94. The third kappa shape index (κ3) is 4.58. The predicted octanol–water partition coefficient (Wildman–Crippen LogP) is 2.37. The Balaban J connectivity index is 1.52. The van der Waals surface area contributed by atoms with Gasteiger partial charge in [-0.25, -0.2) is 0 Å². The van der Waals surface area contributed by atoms with Gasteiger partial charge in [-0.15, -0.1) is 0 Å². The van der Waals surface area contributed by atoms with Crippen molar-refractivity contribution in [1.29, 1.82) is 0 Å². The van der Waals surface area contributed by atoms with Crippen molar-refractivity contribution in [2.24, 2.45) is 5.92 Å². The molecule has 154 valence electrons. The predicted molar refractivity (Wildman–Crippen MR) is 108 cm³/mol. The van der Waals surface area contributed by atoms with E-state index in [1.807, 2.05) is 11.8 Å². The summed E-state index contributed by atoms with van der Waals surface area (Å²) in [5, 5.41) is 2.95. The van der Waals surface area contributed by atoms with E-state index in [1.165, 1.54) is 0 Å². The minimum atomic E-state index is -0.254. The lowest BCUT2D eigenvalue weighted by molar-refractivity contribution is -0.136. The van der Waals surface area contributed by atoms with E-state index >= 15 is 0 Å². The van der Waals surface area contributed by atoms with Crippen molar-refractivity contribution in [2.75, 3.05) is 45.7 Å². The maximum Gasteiger partial charge on any atom is 0.241 e. The molecule has 28 heavy (non-hydrogen) atoms. The molecule has 1 aromatic rings. The molecule has 2 saturated heterocycles. The number of carbonyl (C=O) groups is 2. The van der Waals surface area contributed by atoms with E-state index in [0.717, 1.165) is 51.9 Å². The van der Waals surface area contributed by atoms with Gasteiger partial charge in [0.15, 0.2) is 11.5 Å². The molecular weight excluding hydrogens is 358 g/mol. The van der Waals surface area contributed by atoms with Crippen molar-refractivity contribution in [3.63, 3.8) is 0 Å². The van der Waals surface area contributed by atoms with Crippen LogP contribution in [0.3, 0.4) is 0 Å². The Morgan fingerprint density at radius 3 is 2.29 bits per heavy atom. The van der Waals surface area contributed by atoms with Gasteiger partial charge in [0.1, 0.15) is 0 Å². The fourth-order valence-corrected chi connectivity index (χ4v) is 4.06. The summed E-state index contributed by atoms with van der Waals surface area (Å²) in [6, 6.07) is 5.07. The number of nitrogens with zero attached hydrogens (tertiary/aromatic N) is 2. The first kappa shape index (κ1) is 20.5. The Hall–Kier alpha value is -2.28. The van der Waals surface area contributed by atoms with Crippen LogP contribution in [-0.4, -0.2) is 68.1 Å². The van der Waals surface area contributed by atoms with Crippen LogP contribution in [0.2, 0.25) is 0 Å². The number of carbonyl (C=O) groups excluding carboxylic acids is 2. The smallest absolute Gasteiger partial charge is 0.241 e. The highest BCUT2D eigenvalue weighted by molar-refractivity contribution is 5.94. The molecule has 2 aliphatic rings. The van der Waals surface area contributed by atoms with Crippen molar-refractivity contribution in [3.05, 3.63) is 18.2 Å². The Morgan fingerprint density at radius 1 is 1.04 bits per heavy atom. The Morgan fingerprint density at radius 2 is 1.68 bits per heavy atom. The van der Waals surface area contributed by atoms with Crippen LogP contribution in [0.15, 0.2) is 18.2 Å². The minimum absolute atomic E-state index is 0.0588. The molecule has 0 bridgehead atoms. The van der Waals surface area contributed by atoms with Crippen LogP contribution in [-0.2, 0) is 9.59 Å². The van der Waals surface area contributed by atoms with Gasteiger partial charge in [-0.1, -0.05) is 0 Å². The van der Waals surface area contributed by atoms with E-state index in [-0.39, 0.29) is 17.9 Å². The molecule has 7 heteroatoms. The first-order valence-corrected chi connectivity index (χ1v) is 10.1. The highest BCUT2D eigenvalue weighted by Crippen LogP contribution is 2.30. The molecule has 2 aliphatic heterocycles. The maximum absolute atomic E-state index is 12.7. The molecule has 2 fully saturated rings. The van der Waals surface area contributed by atoms with E-state index < -0.39 is 0 Å². The summed E-state index contributed by atoms with van der Waals surface area (Å²) in [4.78, 5) is 29.4. The lowest BCUT2D eigenvalue weighted by Crippen LogP contribution is -2.48. The van der Waals surface area contributed by atoms with Crippen LogP contribution in [0.1, 0.15) is 32.6 Å². The second-order valence-corrected chi connectivity index (χ2v) is 7.58. The molecule has 0 aliphatic carbocycles. The zero-order valence-corrected chi connectivity index (χ0v) is 17.1. The Labute approximate surface area is 167 Å². The minimum Gasteiger partial charge on any atom is -0.493 e. The van der Waals surface area contributed by atoms with Crippen LogP contribution in [0.4, 0.5) is 5.69 Å². The monoisotopic (exact) mass is 389 g/mol. The molecule has 0 radical (unpaired) electrons. The molecular formula is C21H31N3O4. The van der Waals surface area contributed by atoms with Crippen molar-refractivity contribution < 1.29 is 19.1 Å². The topological polar surface area (TPSA) is 71.1 Å². The lowest BCUT2D eigenvalue weighted by Gasteiger charge is -2.36. The van der Waals surface area contributed by atoms with Gasteiger partial charge in [0.25, 0.3) is 0 Å². The first-order chi connectivity index (χ1) is 13.5. The van der Waals surface area contributed by atoms with Gasteiger partial charge < -0.3 is 19.7 Å². The fraction of sp³-hybridized carbons (Fsp3) is 0.619. The number of benzene rings is 1. The molecule has 0 aromatic heterocycles. The normalized spacial score (nSPS) is 19.3. The number of nitrogens with one attached hydrogen (secondary N) is 1. The van der Waals surface area contributed by atoms with Crippen LogP contribution in [0, 0.1) is 5.92 Å². The second-order valence-electron chi connectivity index (χ2n) is 7.58. The molecule has 7 nitrogen and oxygen atoms in total. The number of amides is 2. The zero-order chi connectivity index (χ0) is 20.1. The van der Waals surface area contributed by atoms with Crippen LogP contribution < -0.4 is 14.8 Å². The van der Waals surface area contributed by atoms with Crippen LogP contribution >= 0.6 is 0 Å². The summed E-state index contributed by atoms with van der Waals surface area (Å²) in [6.45, 7) is 5.26. The van der Waals surface area contributed by atoms with Gasteiger partial charge in [0.2, 0.25) is 11.8 Å². The molecule has 2 heterocycles. The summed E-state index contributed by atoms with van der Waals surface area (Å²) >= 11 is 0. The molecule has 3 rings (SSSR count). The van der Waals surface area contributed by atoms with E-state index in [2.05, 4.69) is 10.2 Å². The number of piperidine rings is 1. The highest BCUT2D eigenvalue weighted by Gasteiger charge is 2.32. The summed E-state index contributed by atoms with van der Waals surface area (Å²) in [7, 11) is 3.15. The molecule has 1 atom stereocenters. The van der Waals surface area contributed by atoms with Crippen molar-refractivity contribution >= 4 is 17.5 Å². The molecule has 2 amide bonds. The quantitative estimate of drug-likeness (QED) is 0.809. The van der Waals surface area contributed by atoms with Gasteiger partial charge in [0, 0.05) is 30.8 Å². The number of hydrogen-bond acceptors (Lipinski definition) is 5. The van der Waals surface area contributed by atoms with E-state index in [4.69, 9.17) is 9.47 Å². The van der Waals surface area contributed by atoms with Crippen molar-refractivity contribution in [1.82, 2.24) is 9.80 Å². The third-order valence-electron chi connectivity index (χ3n) is 5.87. The Kier molecular flexibility index (Phi) is 6.78. The second kappa shape index (κ2) is 9.28. The molecule has 0 saturated carbocycles. The van der Waals surface area contributed by atoms with Gasteiger partial charge in [0.05, 0.1) is 20.3 Å². The number of likely N-dealkylation sites (tertiary alicyclic amines) is 2. The number of methoxy groups -OCH3 is 2.